The van der Waals surface area contributed by atoms with Gasteiger partial charge in [-0.05, 0) is 24.6 Å². The van der Waals surface area contributed by atoms with Crippen LogP contribution in [-0.2, 0) is 16.4 Å². The molecule has 2 aromatic heterocycles. The van der Waals surface area contributed by atoms with Gasteiger partial charge in [0.25, 0.3) is 10.0 Å². The number of halogens is 1. The SMILES string of the molecule is Cc1onc(N)c1S(=O)(=O)n1c(Cc2cccc(Cl)c2)noc1=O. The zero-order valence-electron chi connectivity index (χ0n) is 12.3. The molecule has 0 aliphatic heterocycles. The number of aromatic nitrogens is 3. The molecular weight excluding hydrogens is 360 g/mol. The molecule has 0 saturated carbocycles. The highest BCUT2D eigenvalue weighted by Gasteiger charge is 2.32. The average molecular weight is 371 g/mol. The molecular formula is C13H11ClN4O5S. The van der Waals surface area contributed by atoms with Crippen LogP contribution in [0.4, 0.5) is 5.82 Å². The highest BCUT2D eigenvalue weighted by molar-refractivity contribution is 7.90. The van der Waals surface area contributed by atoms with Crippen molar-refractivity contribution in [2.45, 2.75) is 18.2 Å². The molecule has 0 atom stereocenters. The number of nitrogen functional groups attached to an aromatic ring is 1. The van der Waals surface area contributed by atoms with E-state index in [2.05, 4.69) is 14.8 Å². The van der Waals surface area contributed by atoms with Crippen molar-refractivity contribution in [2.24, 2.45) is 0 Å². The zero-order valence-corrected chi connectivity index (χ0v) is 13.8. The molecule has 3 rings (SSSR count). The summed E-state index contributed by atoms with van der Waals surface area (Å²) in [5, 5.41) is 7.39. The zero-order chi connectivity index (χ0) is 17.5. The van der Waals surface area contributed by atoms with Crippen molar-refractivity contribution >= 4 is 27.4 Å². The molecule has 0 aliphatic rings. The van der Waals surface area contributed by atoms with Crippen molar-refractivity contribution < 1.29 is 17.5 Å². The number of anilines is 1. The van der Waals surface area contributed by atoms with E-state index in [1.165, 1.54) is 6.92 Å². The summed E-state index contributed by atoms with van der Waals surface area (Å²) in [5.41, 5.74) is 6.19. The van der Waals surface area contributed by atoms with Crippen LogP contribution in [-0.4, -0.2) is 22.7 Å². The van der Waals surface area contributed by atoms with Gasteiger partial charge < -0.3 is 10.3 Å². The van der Waals surface area contributed by atoms with Gasteiger partial charge in [-0.1, -0.05) is 34.0 Å². The summed E-state index contributed by atoms with van der Waals surface area (Å²) in [5.74, 6) is -1.68. The molecule has 0 aliphatic carbocycles. The van der Waals surface area contributed by atoms with Gasteiger partial charge in [0.15, 0.2) is 22.3 Å². The third kappa shape index (κ3) is 2.69. The molecule has 0 radical (unpaired) electrons. The highest BCUT2D eigenvalue weighted by Crippen LogP contribution is 2.24. The summed E-state index contributed by atoms with van der Waals surface area (Å²) in [6.45, 7) is 1.37. The average Bonchev–Trinajstić information content (AvgIpc) is 3.02. The normalized spacial score (nSPS) is 11.8. The Balaban J connectivity index is 2.13. The third-order valence-electron chi connectivity index (χ3n) is 3.21. The summed E-state index contributed by atoms with van der Waals surface area (Å²) in [7, 11) is -4.37. The first kappa shape index (κ1) is 16.3. The van der Waals surface area contributed by atoms with Crippen LogP contribution in [0.15, 0.2) is 43.0 Å². The summed E-state index contributed by atoms with van der Waals surface area (Å²) in [6.07, 6.45) is 0.00968. The molecule has 0 unspecified atom stereocenters. The Morgan fingerprint density at radius 3 is 2.67 bits per heavy atom. The van der Waals surface area contributed by atoms with Crippen LogP contribution in [0.1, 0.15) is 17.1 Å². The van der Waals surface area contributed by atoms with Crippen molar-refractivity contribution in [3.63, 3.8) is 0 Å². The fourth-order valence-electron chi connectivity index (χ4n) is 2.23. The summed E-state index contributed by atoms with van der Waals surface area (Å²) < 4.78 is 35.2. The van der Waals surface area contributed by atoms with Gasteiger partial charge in [-0.15, -0.1) is 3.97 Å². The quantitative estimate of drug-likeness (QED) is 0.723. The molecule has 1 aromatic carbocycles. The molecule has 126 valence electrons. The highest BCUT2D eigenvalue weighted by atomic mass is 35.5. The topological polar surface area (TPSA) is 134 Å². The van der Waals surface area contributed by atoms with Crippen LogP contribution < -0.4 is 11.5 Å². The Morgan fingerprint density at radius 1 is 1.29 bits per heavy atom. The fourth-order valence-corrected chi connectivity index (χ4v) is 3.93. The number of aryl methyl sites for hydroxylation is 1. The Kier molecular flexibility index (Phi) is 3.93. The van der Waals surface area contributed by atoms with Gasteiger partial charge in [-0.3, -0.25) is 4.52 Å². The lowest BCUT2D eigenvalue weighted by Gasteiger charge is -2.06. The van der Waals surface area contributed by atoms with Crippen LogP contribution in [0.3, 0.4) is 0 Å². The minimum Gasteiger partial charge on any atom is -0.380 e. The second-order valence-electron chi connectivity index (χ2n) is 4.89. The second kappa shape index (κ2) is 5.80. The number of nitrogens with two attached hydrogens (primary N) is 1. The molecule has 0 fully saturated rings. The van der Waals surface area contributed by atoms with Crippen molar-refractivity contribution in [2.75, 3.05) is 5.73 Å². The number of hydrogen-bond acceptors (Lipinski definition) is 8. The molecule has 2 N–H and O–H groups in total. The Morgan fingerprint density at radius 2 is 2.04 bits per heavy atom. The first-order valence-corrected chi connectivity index (χ1v) is 8.42. The lowest BCUT2D eigenvalue weighted by atomic mass is 10.1. The number of nitrogens with zero attached hydrogens (tertiary/aromatic N) is 3. The van der Waals surface area contributed by atoms with Crippen LogP contribution in [0.2, 0.25) is 5.02 Å². The lowest BCUT2D eigenvalue weighted by Crippen LogP contribution is -2.27. The van der Waals surface area contributed by atoms with E-state index in [0.29, 0.717) is 14.6 Å². The predicted molar refractivity (Wildman–Crippen MR) is 83.3 cm³/mol. The number of rotatable bonds is 4. The van der Waals surface area contributed by atoms with E-state index in [1.54, 1.807) is 24.3 Å². The van der Waals surface area contributed by atoms with E-state index >= 15 is 0 Å². The smallest absolute Gasteiger partial charge is 0.380 e. The molecule has 0 bridgehead atoms. The molecule has 0 amide bonds. The van der Waals surface area contributed by atoms with Gasteiger partial charge in [-0.2, -0.15) is 0 Å². The Labute approximate surface area is 140 Å². The fraction of sp³-hybridized carbons (Fsp3) is 0.154. The van der Waals surface area contributed by atoms with E-state index in [1.807, 2.05) is 0 Å². The molecule has 0 saturated heterocycles. The first-order chi connectivity index (χ1) is 11.3. The first-order valence-electron chi connectivity index (χ1n) is 6.60. The predicted octanol–water partition coefficient (Wildman–Crippen LogP) is 1.20. The molecule has 9 nitrogen and oxygen atoms in total. The lowest BCUT2D eigenvalue weighted by molar-refractivity contribution is 0.380. The van der Waals surface area contributed by atoms with E-state index in [9.17, 15) is 13.2 Å². The molecule has 11 heteroatoms. The Hall–Kier alpha value is -2.59. The maximum atomic E-state index is 12.8. The van der Waals surface area contributed by atoms with Gasteiger partial charge in [-0.25, -0.2) is 13.2 Å². The van der Waals surface area contributed by atoms with Gasteiger partial charge in [0.1, 0.15) is 0 Å². The van der Waals surface area contributed by atoms with Crippen molar-refractivity contribution in [3.8, 4) is 0 Å². The van der Waals surface area contributed by atoms with E-state index < -0.39 is 20.7 Å². The van der Waals surface area contributed by atoms with E-state index in [0.717, 1.165) is 0 Å². The van der Waals surface area contributed by atoms with Gasteiger partial charge in [0.05, 0.1) is 0 Å². The van der Waals surface area contributed by atoms with Crippen LogP contribution in [0, 0.1) is 6.92 Å². The minimum absolute atomic E-state index is 0.00968. The van der Waals surface area contributed by atoms with Crippen molar-refractivity contribution in [1.82, 2.24) is 14.3 Å². The van der Waals surface area contributed by atoms with E-state index in [4.69, 9.17) is 21.9 Å². The minimum atomic E-state index is -4.37. The number of benzene rings is 1. The van der Waals surface area contributed by atoms with Gasteiger partial charge in [0.2, 0.25) is 0 Å². The largest absolute Gasteiger partial charge is 0.456 e. The molecule has 2 heterocycles. The van der Waals surface area contributed by atoms with Crippen molar-refractivity contribution in [3.05, 3.63) is 57.0 Å². The maximum absolute atomic E-state index is 12.8. The van der Waals surface area contributed by atoms with Gasteiger partial charge in [0, 0.05) is 11.4 Å². The monoisotopic (exact) mass is 370 g/mol. The standard InChI is InChI=1S/C13H11ClN4O5S/c1-7-11(12(15)17-22-7)24(20,21)18-10(16-23-13(18)19)6-8-3-2-4-9(14)5-8/h2-5H,6H2,1H3,(H2,15,17). The van der Waals surface area contributed by atoms with Gasteiger partial charge >= 0.3 is 5.76 Å². The van der Waals surface area contributed by atoms with Crippen LogP contribution in [0.25, 0.3) is 0 Å². The number of hydrogen-bond donors (Lipinski definition) is 1. The second-order valence-corrected chi connectivity index (χ2v) is 7.05. The summed E-state index contributed by atoms with van der Waals surface area (Å²) >= 11 is 5.90. The van der Waals surface area contributed by atoms with E-state index in [-0.39, 0.29) is 23.8 Å². The van der Waals surface area contributed by atoms with Crippen molar-refractivity contribution in [1.29, 1.82) is 0 Å². The van der Waals surface area contributed by atoms with Crippen LogP contribution in [0.5, 0.6) is 0 Å². The summed E-state index contributed by atoms with van der Waals surface area (Å²) in [4.78, 5) is 11.5. The maximum Gasteiger partial charge on any atom is 0.456 e. The Bertz CT molecular complexity index is 1050. The molecule has 3 aromatic rings. The molecule has 0 spiro atoms. The third-order valence-corrected chi connectivity index (χ3v) is 5.30. The van der Waals surface area contributed by atoms with Crippen LogP contribution >= 0.6 is 11.6 Å². The molecule has 24 heavy (non-hydrogen) atoms. The summed E-state index contributed by atoms with van der Waals surface area (Å²) in [6, 6.07) is 6.69.